The summed E-state index contributed by atoms with van der Waals surface area (Å²) in [6.07, 6.45) is 3.15. The van der Waals surface area contributed by atoms with E-state index < -0.39 is 14.2 Å². The van der Waals surface area contributed by atoms with E-state index in [2.05, 4.69) is 43.9 Å². The Morgan fingerprint density at radius 2 is 1.94 bits per heavy atom. The van der Waals surface area contributed by atoms with E-state index in [0.29, 0.717) is 0 Å². The topological polar surface area (TPSA) is 20.2 Å². The van der Waals surface area contributed by atoms with Gasteiger partial charge in [0.1, 0.15) is 0 Å². The summed E-state index contributed by atoms with van der Waals surface area (Å²) in [4.78, 5) is 0. The average molecular weight is 246 g/mol. The maximum absolute atomic E-state index is 9.86. The van der Waals surface area contributed by atoms with E-state index in [0.717, 1.165) is 11.6 Å². The lowest BCUT2D eigenvalue weighted by Gasteiger charge is -2.25. The minimum absolute atomic E-state index is 0.504. The van der Waals surface area contributed by atoms with Gasteiger partial charge in [-0.15, -0.1) is 0 Å². The maximum atomic E-state index is 9.86. The fourth-order valence-electron chi connectivity index (χ4n) is 1.98. The highest BCUT2D eigenvalue weighted by Gasteiger charge is 2.25. The minimum Gasteiger partial charge on any atom is -0.385 e. The number of aliphatic hydroxyl groups is 1. The molecule has 1 nitrogen and oxygen atoms in total. The highest BCUT2D eigenvalue weighted by molar-refractivity contribution is 6.90. The van der Waals surface area contributed by atoms with E-state index in [1.165, 1.54) is 5.19 Å². The van der Waals surface area contributed by atoms with Crippen molar-refractivity contribution in [2.24, 2.45) is 0 Å². The molecule has 2 heteroatoms. The van der Waals surface area contributed by atoms with Crippen molar-refractivity contribution >= 4 is 13.3 Å². The Balaban J connectivity index is 2.77. The van der Waals surface area contributed by atoms with Crippen LogP contribution < -0.4 is 5.19 Å². The van der Waals surface area contributed by atoms with E-state index >= 15 is 0 Å². The predicted molar refractivity (Wildman–Crippen MR) is 78.3 cm³/mol. The van der Waals surface area contributed by atoms with Gasteiger partial charge in [0.05, 0.1) is 14.2 Å². The first-order valence-electron chi connectivity index (χ1n) is 6.01. The van der Waals surface area contributed by atoms with Crippen LogP contribution in [-0.4, -0.2) is 19.3 Å². The molecule has 0 aliphatic carbocycles. The van der Waals surface area contributed by atoms with Gasteiger partial charge in [-0.25, -0.2) is 0 Å². The predicted octanol–water partition coefficient (Wildman–Crippen LogP) is 3.10. The molecule has 0 aliphatic heterocycles. The van der Waals surface area contributed by atoms with Crippen LogP contribution in [0.25, 0.3) is 0 Å². The molecule has 1 unspecified atom stereocenters. The molecule has 0 heterocycles. The van der Waals surface area contributed by atoms with Crippen molar-refractivity contribution in [1.29, 1.82) is 0 Å². The number of hydrogen-bond donors (Lipinski definition) is 1. The van der Waals surface area contributed by atoms with Gasteiger partial charge in [-0.05, 0) is 18.5 Å². The Morgan fingerprint density at radius 3 is 2.47 bits per heavy atom. The normalized spacial score (nSPS) is 13.9. The lowest BCUT2D eigenvalue weighted by atomic mass is 10.2. The summed E-state index contributed by atoms with van der Waals surface area (Å²) in [6, 6.07) is 11.5. The molecule has 0 amide bonds. The highest BCUT2D eigenvalue weighted by Crippen LogP contribution is 2.18. The van der Waals surface area contributed by atoms with Gasteiger partial charge in [0.25, 0.3) is 0 Å². The molecule has 1 aromatic carbocycles. The van der Waals surface area contributed by atoms with Gasteiger partial charge < -0.3 is 5.11 Å². The lowest BCUT2D eigenvalue weighted by molar-refractivity contribution is 0.259. The molecular formula is C15H22OSi. The molecule has 1 rings (SSSR count). The van der Waals surface area contributed by atoms with Crippen LogP contribution in [0.5, 0.6) is 0 Å². The second kappa shape index (κ2) is 5.99. The third kappa shape index (κ3) is 3.99. The zero-order valence-electron chi connectivity index (χ0n) is 11.0. The van der Waals surface area contributed by atoms with E-state index in [9.17, 15) is 5.11 Å². The van der Waals surface area contributed by atoms with Gasteiger partial charge in [0.15, 0.2) is 0 Å². The number of rotatable bonds is 5. The molecule has 0 radical (unpaired) electrons. The van der Waals surface area contributed by atoms with Crippen molar-refractivity contribution in [3.63, 3.8) is 0 Å². The van der Waals surface area contributed by atoms with E-state index in [1.807, 2.05) is 19.1 Å². The van der Waals surface area contributed by atoms with Gasteiger partial charge in [0.2, 0.25) is 0 Å². The Labute approximate surface area is 106 Å². The van der Waals surface area contributed by atoms with Crippen molar-refractivity contribution in [3.05, 3.63) is 54.6 Å². The van der Waals surface area contributed by atoms with E-state index in [1.54, 1.807) is 6.08 Å². The maximum Gasteiger partial charge on any atom is 0.0926 e. The Hall–Kier alpha value is -1.12. The van der Waals surface area contributed by atoms with Crippen molar-refractivity contribution in [1.82, 2.24) is 0 Å². The molecule has 0 saturated heterocycles. The zero-order chi connectivity index (χ0) is 12.9. The van der Waals surface area contributed by atoms with Crippen molar-refractivity contribution in [3.8, 4) is 0 Å². The second-order valence-corrected chi connectivity index (χ2v) is 9.75. The third-order valence-corrected chi connectivity index (χ3v) is 6.25. The Morgan fingerprint density at radius 1 is 1.35 bits per heavy atom. The number of allylic oxidation sites excluding steroid dienone is 1. The average Bonchev–Trinajstić information content (AvgIpc) is 2.30. The molecule has 1 aromatic rings. The van der Waals surface area contributed by atoms with Gasteiger partial charge >= 0.3 is 0 Å². The van der Waals surface area contributed by atoms with E-state index in [4.69, 9.17) is 0 Å². The molecule has 1 N–H and O–H groups in total. The Kier molecular flexibility index (Phi) is 4.91. The van der Waals surface area contributed by atoms with Crippen LogP contribution in [0, 0.1) is 0 Å². The quantitative estimate of drug-likeness (QED) is 0.625. The van der Waals surface area contributed by atoms with Crippen molar-refractivity contribution in [2.75, 3.05) is 0 Å². The molecule has 17 heavy (non-hydrogen) atoms. The molecule has 0 fully saturated rings. The molecule has 0 spiro atoms. The van der Waals surface area contributed by atoms with Crippen LogP contribution in [0.2, 0.25) is 19.1 Å². The number of aliphatic hydroxyl groups excluding tert-OH is 1. The monoisotopic (exact) mass is 246 g/mol. The number of hydrogen-bond acceptors (Lipinski definition) is 1. The summed E-state index contributed by atoms with van der Waals surface area (Å²) in [5, 5.41) is 11.3. The fourth-order valence-corrected chi connectivity index (χ4v) is 4.63. The molecule has 0 aromatic heterocycles. The largest absolute Gasteiger partial charge is 0.385 e. The molecule has 0 bridgehead atoms. The van der Waals surface area contributed by atoms with Gasteiger partial charge in [0, 0.05) is 0 Å². The molecule has 92 valence electrons. The lowest BCUT2D eigenvalue weighted by Crippen LogP contribution is -2.42. The number of benzene rings is 1. The second-order valence-electron chi connectivity index (χ2n) is 5.06. The van der Waals surface area contributed by atoms with E-state index in [-0.39, 0.29) is 0 Å². The van der Waals surface area contributed by atoms with Gasteiger partial charge in [-0.1, -0.05) is 67.3 Å². The van der Waals surface area contributed by atoms with Crippen LogP contribution in [0.3, 0.4) is 0 Å². The summed E-state index contributed by atoms with van der Waals surface area (Å²) in [7, 11) is -1.53. The zero-order valence-corrected chi connectivity index (χ0v) is 12.0. The summed E-state index contributed by atoms with van der Waals surface area (Å²) in [6.45, 7) is 10.6. The first-order chi connectivity index (χ1) is 7.97. The van der Waals surface area contributed by atoms with Gasteiger partial charge in [-0.3, -0.25) is 0 Å². The summed E-state index contributed by atoms with van der Waals surface area (Å²) in [5.41, 5.74) is 0.920. The highest BCUT2D eigenvalue weighted by atomic mass is 28.3. The molecule has 0 saturated carbocycles. The summed E-state index contributed by atoms with van der Waals surface area (Å²) in [5.74, 6) is 0. The summed E-state index contributed by atoms with van der Waals surface area (Å²) < 4.78 is 0. The van der Waals surface area contributed by atoms with Crippen LogP contribution in [-0.2, 0) is 0 Å². The van der Waals surface area contributed by atoms with Crippen molar-refractivity contribution < 1.29 is 5.11 Å². The van der Waals surface area contributed by atoms with Crippen LogP contribution >= 0.6 is 0 Å². The molecule has 1 atom stereocenters. The minimum atomic E-state index is -1.53. The van der Waals surface area contributed by atoms with Crippen LogP contribution in [0.15, 0.2) is 54.6 Å². The van der Waals surface area contributed by atoms with Crippen LogP contribution in [0.4, 0.5) is 0 Å². The first-order valence-corrected chi connectivity index (χ1v) is 9.22. The molecule has 0 aliphatic rings. The van der Waals surface area contributed by atoms with Crippen molar-refractivity contribution in [2.45, 2.75) is 32.2 Å². The smallest absolute Gasteiger partial charge is 0.0926 e. The fraction of sp³-hybridized carbons (Fsp3) is 0.333. The Bertz CT molecular complexity index is 393. The van der Waals surface area contributed by atoms with Gasteiger partial charge in [-0.2, -0.15) is 0 Å². The van der Waals surface area contributed by atoms with Crippen LogP contribution in [0.1, 0.15) is 6.92 Å². The third-order valence-electron chi connectivity index (χ3n) is 3.02. The molecular weight excluding hydrogens is 224 g/mol. The first kappa shape index (κ1) is 13.9. The SMILES string of the molecule is C=C(C[Si](C)(C)c1ccccc1)C(O)C=CC. The summed E-state index contributed by atoms with van der Waals surface area (Å²) >= 11 is 0. The standard InChI is InChI=1S/C15H22OSi/c1-5-9-15(16)13(2)12-17(3,4)14-10-7-6-8-11-14/h5-11,15-16H,2,12H2,1,3-4H3.